The van der Waals surface area contributed by atoms with Gasteiger partial charge in [0.05, 0.1) is 37.3 Å². The summed E-state index contributed by atoms with van der Waals surface area (Å²) in [6.45, 7) is 1.30. The highest BCUT2D eigenvalue weighted by Crippen LogP contribution is 2.38. The Morgan fingerprint density at radius 3 is 2.70 bits per heavy atom. The van der Waals surface area contributed by atoms with Crippen LogP contribution >= 0.6 is 11.3 Å². The minimum atomic E-state index is -3.63. The van der Waals surface area contributed by atoms with Gasteiger partial charge < -0.3 is 20.1 Å². The van der Waals surface area contributed by atoms with Crippen LogP contribution in [0.3, 0.4) is 0 Å². The molecule has 0 atom stereocenters. The van der Waals surface area contributed by atoms with Crippen LogP contribution in [0.25, 0.3) is 0 Å². The fourth-order valence-electron chi connectivity index (χ4n) is 4.03. The lowest BCUT2D eigenvalue weighted by atomic mass is 9.95. The zero-order valence-corrected chi connectivity index (χ0v) is 20.0. The van der Waals surface area contributed by atoms with Gasteiger partial charge in [0.15, 0.2) is 0 Å². The number of methoxy groups -OCH3 is 1. The van der Waals surface area contributed by atoms with Crippen LogP contribution in [0.4, 0.5) is 10.7 Å². The van der Waals surface area contributed by atoms with Crippen molar-refractivity contribution in [2.24, 2.45) is 0 Å². The van der Waals surface area contributed by atoms with E-state index in [1.165, 1.54) is 34.9 Å². The van der Waals surface area contributed by atoms with Gasteiger partial charge in [0.25, 0.3) is 0 Å². The minimum Gasteiger partial charge on any atom is -0.465 e. The van der Waals surface area contributed by atoms with Crippen LogP contribution in [0.1, 0.15) is 33.6 Å². The maximum Gasteiger partial charge on any atom is 0.341 e. The fraction of sp³-hybridized carbons (Fsp3) is 0.455. The first kappa shape index (κ1) is 23.7. The Labute approximate surface area is 197 Å². The van der Waals surface area contributed by atoms with E-state index < -0.39 is 16.0 Å². The molecular weight excluding hydrogens is 466 g/mol. The van der Waals surface area contributed by atoms with Gasteiger partial charge in [0.1, 0.15) is 5.00 Å². The molecule has 11 heteroatoms. The number of anilines is 2. The van der Waals surface area contributed by atoms with Gasteiger partial charge in [-0.2, -0.15) is 4.31 Å². The molecule has 178 valence electrons. The number of carbonyl (C=O) groups is 2. The molecule has 0 saturated carbocycles. The Bertz CT molecular complexity index is 1140. The molecule has 1 amide bonds. The summed E-state index contributed by atoms with van der Waals surface area (Å²) >= 11 is 1.42. The molecule has 0 spiro atoms. The summed E-state index contributed by atoms with van der Waals surface area (Å²) in [5, 5.41) is 6.30. The Morgan fingerprint density at radius 1 is 1.18 bits per heavy atom. The van der Waals surface area contributed by atoms with E-state index in [0.717, 1.165) is 36.1 Å². The molecule has 9 nitrogen and oxygen atoms in total. The van der Waals surface area contributed by atoms with E-state index >= 15 is 0 Å². The molecule has 2 aromatic rings. The van der Waals surface area contributed by atoms with Crippen molar-refractivity contribution in [2.75, 3.05) is 50.6 Å². The van der Waals surface area contributed by atoms with E-state index in [0.29, 0.717) is 42.6 Å². The number of thiophene rings is 1. The Kier molecular flexibility index (Phi) is 7.32. The molecule has 0 unspecified atom stereocenters. The van der Waals surface area contributed by atoms with Crippen molar-refractivity contribution in [3.8, 4) is 0 Å². The van der Waals surface area contributed by atoms with Crippen molar-refractivity contribution < 1.29 is 27.5 Å². The SMILES string of the molecule is COC(=O)c1c(NC(=O)CNc2cccc(S(=O)(=O)N3CCOCC3)c2)sc2c1CCCC2. The van der Waals surface area contributed by atoms with E-state index in [9.17, 15) is 18.0 Å². The topological polar surface area (TPSA) is 114 Å². The van der Waals surface area contributed by atoms with Crippen molar-refractivity contribution in [2.45, 2.75) is 30.6 Å². The molecule has 0 bridgehead atoms. The van der Waals surface area contributed by atoms with Gasteiger partial charge in [-0.3, -0.25) is 4.79 Å². The molecule has 1 aromatic carbocycles. The Hall–Kier alpha value is -2.47. The molecule has 1 aliphatic carbocycles. The van der Waals surface area contributed by atoms with E-state index in [2.05, 4.69) is 10.6 Å². The minimum absolute atomic E-state index is 0.0791. The number of nitrogens with one attached hydrogen (secondary N) is 2. The quantitative estimate of drug-likeness (QED) is 0.570. The third-order valence-corrected chi connectivity index (χ3v) is 8.81. The second-order valence-electron chi connectivity index (χ2n) is 7.85. The predicted molar refractivity (Wildman–Crippen MR) is 125 cm³/mol. The lowest BCUT2D eigenvalue weighted by Gasteiger charge is -2.26. The number of carbonyl (C=O) groups excluding carboxylic acids is 2. The molecule has 2 heterocycles. The van der Waals surface area contributed by atoms with Crippen molar-refractivity contribution in [3.05, 3.63) is 40.3 Å². The van der Waals surface area contributed by atoms with Gasteiger partial charge >= 0.3 is 5.97 Å². The number of sulfonamides is 1. The summed E-state index contributed by atoms with van der Waals surface area (Å²) in [6.07, 6.45) is 3.76. The first-order valence-corrected chi connectivity index (χ1v) is 13.1. The molecule has 1 fully saturated rings. The van der Waals surface area contributed by atoms with E-state index in [1.807, 2.05) is 0 Å². The Morgan fingerprint density at radius 2 is 1.94 bits per heavy atom. The smallest absolute Gasteiger partial charge is 0.341 e. The molecule has 0 radical (unpaired) electrons. The number of ether oxygens (including phenoxy) is 2. The van der Waals surface area contributed by atoms with E-state index in [-0.39, 0.29) is 17.3 Å². The molecule has 4 rings (SSSR count). The first-order valence-electron chi connectivity index (χ1n) is 10.8. The molecule has 2 aliphatic rings. The summed E-state index contributed by atoms with van der Waals surface area (Å²) in [7, 11) is -2.29. The second kappa shape index (κ2) is 10.2. The van der Waals surface area contributed by atoms with E-state index in [4.69, 9.17) is 9.47 Å². The second-order valence-corrected chi connectivity index (χ2v) is 10.9. The van der Waals surface area contributed by atoms with Gasteiger partial charge in [0, 0.05) is 23.7 Å². The number of hydrogen-bond acceptors (Lipinski definition) is 8. The summed E-state index contributed by atoms with van der Waals surface area (Å²) in [6, 6.07) is 6.39. The number of nitrogens with zero attached hydrogens (tertiary/aromatic N) is 1. The third-order valence-electron chi connectivity index (χ3n) is 5.71. The molecule has 1 saturated heterocycles. The highest BCUT2D eigenvalue weighted by atomic mass is 32.2. The normalized spacial score (nSPS) is 16.6. The highest BCUT2D eigenvalue weighted by molar-refractivity contribution is 7.89. The predicted octanol–water partition coefficient (Wildman–Crippen LogP) is 2.49. The lowest BCUT2D eigenvalue weighted by Crippen LogP contribution is -2.40. The van der Waals surface area contributed by atoms with Crippen molar-refractivity contribution in [1.29, 1.82) is 0 Å². The van der Waals surface area contributed by atoms with Gasteiger partial charge in [0.2, 0.25) is 15.9 Å². The van der Waals surface area contributed by atoms with E-state index in [1.54, 1.807) is 12.1 Å². The van der Waals surface area contributed by atoms with Crippen LogP contribution < -0.4 is 10.6 Å². The number of esters is 1. The van der Waals surface area contributed by atoms with Crippen LogP contribution in [-0.2, 0) is 37.1 Å². The third kappa shape index (κ3) is 5.21. The maximum absolute atomic E-state index is 12.9. The summed E-state index contributed by atoms with van der Waals surface area (Å²) in [5.41, 5.74) is 1.93. The van der Waals surface area contributed by atoms with Gasteiger partial charge in [-0.15, -0.1) is 11.3 Å². The van der Waals surface area contributed by atoms with Gasteiger partial charge in [-0.25, -0.2) is 13.2 Å². The first-order chi connectivity index (χ1) is 15.9. The largest absolute Gasteiger partial charge is 0.465 e. The van der Waals surface area contributed by atoms with Crippen molar-refractivity contribution >= 4 is 43.9 Å². The van der Waals surface area contributed by atoms with Crippen LogP contribution in [0.5, 0.6) is 0 Å². The highest BCUT2D eigenvalue weighted by Gasteiger charge is 2.28. The average molecular weight is 494 g/mol. The number of hydrogen-bond donors (Lipinski definition) is 2. The van der Waals surface area contributed by atoms with Crippen LogP contribution in [0, 0.1) is 0 Å². The van der Waals surface area contributed by atoms with Crippen LogP contribution in [-0.4, -0.2) is 64.6 Å². The number of rotatable bonds is 7. The number of benzene rings is 1. The number of amides is 1. The van der Waals surface area contributed by atoms with Crippen molar-refractivity contribution in [1.82, 2.24) is 4.31 Å². The monoisotopic (exact) mass is 493 g/mol. The summed E-state index contributed by atoms with van der Waals surface area (Å²) < 4.78 is 37.3. The zero-order valence-electron chi connectivity index (χ0n) is 18.4. The number of aryl methyl sites for hydroxylation is 1. The number of fused-ring (bicyclic) bond motifs is 1. The summed E-state index contributed by atoms with van der Waals surface area (Å²) in [5.74, 6) is -0.779. The molecule has 1 aromatic heterocycles. The molecular formula is C22H27N3O6S2. The zero-order chi connectivity index (χ0) is 23.4. The van der Waals surface area contributed by atoms with Crippen LogP contribution in [0.2, 0.25) is 0 Å². The van der Waals surface area contributed by atoms with Crippen molar-refractivity contribution in [3.63, 3.8) is 0 Å². The average Bonchev–Trinajstić information content (AvgIpc) is 3.20. The summed E-state index contributed by atoms with van der Waals surface area (Å²) in [4.78, 5) is 26.2. The van der Waals surface area contributed by atoms with Crippen LogP contribution in [0.15, 0.2) is 29.2 Å². The number of morpholine rings is 1. The van der Waals surface area contributed by atoms with Gasteiger partial charge in [-0.1, -0.05) is 6.07 Å². The molecule has 2 N–H and O–H groups in total. The Balaban J connectivity index is 1.43. The standard InChI is InChI=1S/C22H27N3O6S2/c1-30-22(27)20-17-7-2-3-8-18(17)32-21(20)24-19(26)14-23-15-5-4-6-16(13-15)33(28,29)25-9-11-31-12-10-25/h4-6,13,23H,2-3,7-12,14H2,1H3,(H,24,26). The maximum atomic E-state index is 12.9. The van der Waals surface area contributed by atoms with Gasteiger partial charge in [-0.05, 0) is 49.4 Å². The molecule has 33 heavy (non-hydrogen) atoms. The fourth-order valence-corrected chi connectivity index (χ4v) is 6.78. The molecule has 1 aliphatic heterocycles. The lowest BCUT2D eigenvalue weighted by molar-refractivity contribution is -0.114.